The molecule has 0 radical (unpaired) electrons. The van der Waals surface area contributed by atoms with E-state index in [0.717, 1.165) is 22.3 Å². The van der Waals surface area contributed by atoms with E-state index in [0.29, 0.717) is 10.6 Å². The van der Waals surface area contributed by atoms with Crippen molar-refractivity contribution in [2.45, 2.75) is 20.8 Å². The van der Waals surface area contributed by atoms with Gasteiger partial charge in [0.25, 0.3) is 0 Å². The van der Waals surface area contributed by atoms with Crippen LogP contribution in [-0.2, 0) is 9.53 Å². The Kier molecular flexibility index (Phi) is 5.93. The molecule has 0 saturated heterocycles. The number of halogens is 1. The van der Waals surface area contributed by atoms with Crippen LogP contribution < -0.4 is 0 Å². The fourth-order valence-corrected chi connectivity index (χ4v) is 2.39. The molecule has 0 unspecified atom stereocenters. The highest BCUT2D eigenvalue weighted by molar-refractivity contribution is 6.30. The lowest BCUT2D eigenvalue weighted by molar-refractivity contribution is -0.136. The number of hydrogen-bond donors (Lipinski definition) is 0. The highest BCUT2D eigenvalue weighted by atomic mass is 35.5. The molecule has 24 heavy (non-hydrogen) atoms. The summed E-state index contributed by atoms with van der Waals surface area (Å²) in [7, 11) is 0. The van der Waals surface area contributed by atoms with E-state index < -0.39 is 5.97 Å². The summed E-state index contributed by atoms with van der Waals surface area (Å²) in [4.78, 5) is 24.0. The maximum Gasteiger partial charge on any atom is 0.331 e. The smallest absolute Gasteiger partial charge is 0.331 e. The molecule has 0 atom stereocenters. The van der Waals surface area contributed by atoms with Gasteiger partial charge in [-0.3, -0.25) is 4.79 Å². The minimum absolute atomic E-state index is 0.205. The van der Waals surface area contributed by atoms with Gasteiger partial charge >= 0.3 is 5.97 Å². The Hall–Kier alpha value is -2.39. The van der Waals surface area contributed by atoms with Gasteiger partial charge in [0.15, 0.2) is 6.61 Å². The predicted octanol–water partition coefficient (Wildman–Crippen LogP) is 4.70. The van der Waals surface area contributed by atoms with E-state index >= 15 is 0 Å². The Morgan fingerprint density at radius 2 is 1.62 bits per heavy atom. The number of aryl methyl sites for hydroxylation is 3. The summed E-state index contributed by atoms with van der Waals surface area (Å²) >= 11 is 5.80. The molecule has 2 aromatic carbocycles. The molecular weight excluding hydrogens is 324 g/mol. The van der Waals surface area contributed by atoms with Crippen LogP contribution in [0.3, 0.4) is 0 Å². The number of esters is 1. The topological polar surface area (TPSA) is 43.4 Å². The minimum atomic E-state index is -0.556. The monoisotopic (exact) mass is 342 g/mol. The minimum Gasteiger partial charge on any atom is -0.454 e. The van der Waals surface area contributed by atoms with Crippen molar-refractivity contribution >= 4 is 29.4 Å². The molecule has 4 heteroatoms. The van der Waals surface area contributed by atoms with E-state index in [9.17, 15) is 9.59 Å². The molecule has 0 N–H and O–H groups in total. The van der Waals surface area contributed by atoms with Crippen LogP contribution in [0.5, 0.6) is 0 Å². The van der Waals surface area contributed by atoms with Gasteiger partial charge in [-0.25, -0.2) is 4.79 Å². The van der Waals surface area contributed by atoms with Gasteiger partial charge in [0.05, 0.1) is 0 Å². The van der Waals surface area contributed by atoms with Crippen LogP contribution in [0.1, 0.15) is 32.6 Å². The molecule has 124 valence electrons. The number of benzene rings is 2. The summed E-state index contributed by atoms with van der Waals surface area (Å²) < 4.78 is 5.03. The Morgan fingerprint density at radius 1 is 1.00 bits per heavy atom. The number of rotatable bonds is 5. The third-order valence-corrected chi connectivity index (χ3v) is 4.02. The van der Waals surface area contributed by atoms with Crippen LogP contribution in [0, 0.1) is 20.8 Å². The van der Waals surface area contributed by atoms with Crippen molar-refractivity contribution in [2.24, 2.45) is 0 Å². The molecule has 0 aromatic heterocycles. The number of ketones is 1. The highest BCUT2D eigenvalue weighted by Gasteiger charge is 2.12. The Morgan fingerprint density at radius 3 is 2.29 bits per heavy atom. The van der Waals surface area contributed by atoms with Crippen molar-refractivity contribution in [1.29, 1.82) is 0 Å². The molecule has 0 fully saturated rings. The number of Topliss-reactive ketones (excluding diaryl/α,β-unsaturated/α-hetero) is 1. The van der Waals surface area contributed by atoms with Crippen molar-refractivity contribution < 1.29 is 14.3 Å². The fourth-order valence-electron chi connectivity index (χ4n) is 2.26. The standard InChI is InChI=1S/C20H19ClO3/c1-13-10-15(3)18(11-14(13)2)19(22)12-24-20(23)9-6-16-4-7-17(21)8-5-16/h4-11H,12H2,1-3H3. The van der Waals surface area contributed by atoms with E-state index in [1.165, 1.54) is 6.08 Å². The summed E-state index contributed by atoms with van der Waals surface area (Å²) in [5.74, 6) is -0.761. The van der Waals surface area contributed by atoms with Gasteiger partial charge in [-0.1, -0.05) is 29.8 Å². The van der Waals surface area contributed by atoms with E-state index in [2.05, 4.69) is 0 Å². The van der Waals surface area contributed by atoms with Crippen molar-refractivity contribution in [1.82, 2.24) is 0 Å². The van der Waals surface area contributed by atoms with Crippen LogP contribution >= 0.6 is 11.6 Å². The average molecular weight is 343 g/mol. The van der Waals surface area contributed by atoms with Crippen molar-refractivity contribution in [2.75, 3.05) is 6.61 Å². The van der Waals surface area contributed by atoms with Gasteiger partial charge in [-0.05, 0) is 67.3 Å². The SMILES string of the molecule is Cc1cc(C)c(C(=O)COC(=O)C=Cc2ccc(Cl)cc2)cc1C. The zero-order chi connectivity index (χ0) is 17.7. The zero-order valence-electron chi connectivity index (χ0n) is 13.9. The lowest BCUT2D eigenvalue weighted by Gasteiger charge is -2.09. The molecule has 0 bridgehead atoms. The molecule has 0 aliphatic carbocycles. The van der Waals surface area contributed by atoms with Crippen molar-refractivity contribution in [3.8, 4) is 0 Å². The third-order valence-electron chi connectivity index (χ3n) is 3.77. The fraction of sp³-hybridized carbons (Fsp3) is 0.200. The van der Waals surface area contributed by atoms with Gasteiger partial charge in [-0.2, -0.15) is 0 Å². The van der Waals surface area contributed by atoms with Crippen molar-refractivity contribution in [3.05, 3.63) is 75.3 Å². The highest BCUT2D eigenvalue weighted by Crippen LogP contribution is 2.16. The van der Waals surface area contributed by atoms with E-state index in [4.69, 9.17) is 16.3 Å². The number of carbonyl (C=O) groups is 2. The maximum absolute atomic E-state index is 12.2. The Bertz CT molecular complexity index is 789. The summed E-state index contributed by atoms with van der Waals surface area (Å²) in [5.41, 5.74) is 4.47. The van der Waals surface area contributed by atoms with Crippen molar-refractivity contribution in [3.63, 3.8) is 0 Å². The van der Waals surface area contributed by atoms with Gasteiger partial charge in [0, 0.05) is 16.7 Å². The van der Waals surface area contributed by atoms with Crippen LogP contribution in [0.15, 0.2) is 42.5 Å². The second-order valence-electron chi connectivity index (χ2n) is 5.67. The first-order valence-electron chi connectivity index (χ1n) is 7.58. The molecule has 3 nitrogen and oxygen atoms in total. The third kappa shape index (κ3) is 4.80. The molecule has 0 spiro atoms. The predicted molar refractivity (Wildman–Crippen MR) is 96.4 cm³/mol. The van der Waals surface area contributed by atoms with Crippen LogP contribution in [0.4, 0.5) is 0 Å². The molecule has 0 aliphatic heterocycles. The van der Waals surface area contributed by atoms with Gasteiger partial charge < -0.3 is 4.74 Å². The Labute approximate surface area is 146 Å². The van der Waals surface area contributed by atoms with Gasteiger partial charge in [0.2, 0.25) is 5.78 Å². The lowest BCUT2D eigenvalue weighted by atomic mass is 9.98. The first-order chi connectivity index (χ1) is 11.4. The second-order valence-corrected chi connectivity index (χ2v) is 6.10. The van der Waals surface area contributed by atoms with Crippen LogP contribution in [0.2, 0.25) is 5.02 Å². The quantitative estimate of drug-likeness (QED) is 0.449. The van der Waals surface area contributed by atoms with E-state index in [1.54, 1.807) is 30.3 Å². The molecule has 0 saturated carbocycles. The number of ether oxygens (including phenoxy) is 1. The lowest BCUT2D eigenvalue weighted by Crippen LogP contribution is -2.14. The second kappa shape index (κ2) is 7.93. The summed E-state index contributed by atoms with van der Waals surface area (Å²) in [6.45, 7) is 5.56. The van der Waals surface area contributed by atoms with E-state index in [1.807, 2.05) is 32.9 Å². The molecular formula is C20H19ClO3. The maximum atomic E-state index is 12.2. The van der Waals surface area contributed by atoms with Crippen LogP contribution in [0.25, 0.3) is 6.08 Å². The summed E-state index contributed by atoms with van der Waals surface area (Å²) in [6.07, 6.45) is 2.91. The molecule has 0 amide bonds. The number of hydrogen-bond acceptors (Lipinski definition) is 3. The Balaban J connectivity index is 1.95. The molecule has 2 aromatic rings. The first-order valence-corrected chi connectivity index (χ1v) is 7.96. The molecule has 2 rings (SSSR count). The summed E-state index contributed by atoms with van der Waals surface area (Å²) in [6, 6.07) is 10.8. The van der Waals surface area contributed by atoms with Crippen LogP contribution in [-0.4, -0.2) is 18.4 Å². The van der Waals surface area contributed by atoms with Gasteiger partial charge in [0.1, 0.15) is 0 Å². The number of carbonyl (C=O) groups excluding carboxylic acids is 2. The largest absolute Gasteiger partial charge is 0.454 e. The van der Waals surface area contributed by atoms with E-state index in [-0.39, 0.29) is 12.4 Å². The first kappa shape index (κ1) is 18.0. The summed E-state index contributed by atoms with van der Waals surface area (Å²) in [5, 5.41) is 0.629. The zero-order valence-corrected chi connectivity index (χ0v) is 14.7. The van der Waals surface area contributed by atoms with Gasteiger partial charge in [-0.15, -0.1) is 0 Å². The average Bonchev–Trinajstić information content (AvgIpc) is 2.55. The molecule has 0 heterocycles. The normalized spacial score (nSPS) is 10.8. The molecule has 0 aliphatic rings.